The molecule has 1 rings (SSSR count). The molecule has 0 bridgehead atoms. The topological polar surface area (TPSA) is 41.9 Å². The standard InChI is InChI=1S/C19H29NO3/c1-6-8-16-9-10-18(19(11-16)22-5)23-14-17(21)13-20(7-2)12-15(3)4/h6,8-11,17,21H,3,7,12-14H2,1-2,4-5H3/b8-6+. The van der Waals surface area contributed by atoms with Crippen LogP contribution in [0.4, 0.5) is 0 Å². The highest BCUT2D eigenvalue weighted by Gasteiger charge is 2.13. The first-order valence-corrected chi connectivity index (χ1v) is 7.98. The van der Waals surface area contributed by atoms with E-state index in [1.165, 1.54) is 0 Å². The Morgan fingerprint density at radius 2 is 2.13 bits per heavy atom. The third kappa shape index (κ3) is 6.89. The molecule has 0 aromatic heterocycles. The summed E-state index contributed by atoms with van der Waals surface area (Å²) >= 11 is 0. The average Bonchev–Trinajstić information content (AvgIpc) is 2.52. The minimum Gasteiger partial charge on any atom is -0.493 e. The van der Waals surface area contributed by atoms with Crippen molar-refractivity contribution in [3.8, 4) is 11.5 Å². The molecule has 0 saturated carbocycles. The Kier molecular flexibility index (Phi) is 8.45. The number of nitrogens with zero attached hydrogens (tertiary/aromatic N) is 1. The van der Waals surface area contributed by atoms with Crippen LogP contribution in [0.3, 0.4) is 0 Å². The first-order valence-electron chi connectivity index (χ1n) is 7.98. The van der Waals surface area contributed by atoms with Crippen molar-refractivity contribution >= 4 is 6.08 Å². The lowest BCUT2D eigenvalue weighted by molar-refractivity contribution is 0.0718. The number of allylic oxidation sites excluding steroid dienone is 1. The molecule has 0 spiro atoms. The van der Waals surface area contributed by atoms with Gasteiger partial charge in [0.05, 0.1) is 7.11 Å². The van der Waals surface area contributed by atoms with Gasteiger partial charge in [-0.05, 0) is 38.1 Å². The van der Waals surface area contributed by atoms with Gasteiger partial charge in [-0.15, -0.1) is 0 Å². The first-order chi connectivity index (χ1) is 11.0. The van der Waals surface area contributed by atoms with Gasteiger partial charge in [0.15, 0.2) is 11.5 Å². The number of benzene rings is 1. The summed E-state index contributed by atoms with van der Waals surface area (Å²) in [6, 6.07) is 5.75. The molecular weight excluding hydrogens is 290 g/mol. The van der Waals surface area contributed by atoms with Gasteiger partial charge >= 0.3 is 0 Å². The van der Waals surface area contributed by atoms with E-state index in [9.17, 15) is 5.11 Å². The molecule has 0 aliphatic carbocycles. The molecule has 1 aromatic carbocycles. The molecule has 0 fully saturated rings. The van der Waals surface area contributed by atoms with Crippen molar-refractivity contribution in [3.05, 3.63) is 42.0 Å². The molecule has 0 heterocycles. The maximum Gasteiger partial charge on any atom is 0.161 e. The van der Waals surface area contributed by atoms with E-state index in [1.807, 2.05) is 44.2 Å². The highest BCUT2D eigenvalue weighted by molar-refractivity contribution is 5.55. The van der Waals surface area contributed by atoms with Crippen LogP contribution in [0.15, 0.2) is 36.4 Å². The van der Waals surface area contributed by atoms with Gasteiger partial charge in [-0.1, -0.05) is 37.3 Å². The molecule has 0 amide bonds. The van der Waals surface area contributed by atoms with E-state index in [1.54, 1.807) is 7.11 Å². The zero-order valence-electron chi connectivity index (χ0n) is 14.7. The summed E-state index contributed by atoms with van der Waals surface area (Å²) in [5.74, 6) is 1.31. The van der Waals surface area contributed by atoms with Crippen molar-refractivity contribution in [2.45, 2.75) is 26.9 Å². The van der Waals surface area contributed by atoms with Crippen molar-refractivity contribution in [2.24, 2.45) is 0 Å². The number of rotatable bonds is 10. The Bertz CT molecular complexity index is 525. The molecule has 0 radical (unpaired) electrons. The molecule has 128 valence electrons. The Balaban J connectivity index is 2.61. The second kappa shape index (κ2) is 10.1. The van der Waals surface area contributed by atoms with Gasteiger partial charge in [0.2, 0.25) is 0 Å². The molecule has 4 nitrogen and oxygen atoms in total. The monoisotopic (exact) mass is 319 g/mol. The summed E-state index contributed by atoms with van der Waals surface area (Å²) in [6.07, 6.45) is 3.41. The highest BCUT2D eigenvalue weighted by atomic mass is 16.5. The molecule has 1 unspecified atom stereocenters. The Labute approximate surface area is 140 Å². The van der Waals surface area contributed by atoms with Crippen LogP contribution in [0.5, 0.6) is 11.5 Å². The van der Waals surface area contributed by atoms with Crippen LogP contribution in [0.25, 0.3) is 6.08 Å². The van der Waals surface area contributed by atoms with Gasteiger partial charge in [-0.2, -0.15) is 0 Å². The van der Waals surface area contributed by atoms with E-state index in [4.69, 9.17) is 9.47 Å². The summed E-state index contributed by atoms with van der Waals surface area (Å²) in [5.41, 5.74) is 2.14. The van der Waals surface area contributed by atoms with Crippen LogP contribution >= 0.6 is 0 Å². The molecular formula is C19H29NO3. The molecule has 1 aromatic rings. The van der Waals surface area contributed by atoms with Gasteiger partial charge in [-0.3, -0.25) is 4.90 Å². The third-order valence-corrected chi connectivity index (χ3v) is 3.39. The Morgan fingerprint density at radius 1 is 1.39 bits per heavy atom. The van der Waals surface area contributed by atoms with Crippen molar-refractivity contribution in [2.75, 3.05) is 33.4 Å². The fraction of sp³-hybridized carbons (Fsp3) is 0.474. The quantitative estimate of drug-likeness (QED) is 0.672. The number of ether oxygens (including phenoxy) is 2. The fourth-order valence-electron chi connectivity index (χ4n) is 2.32. The predicted molar refractivity (Wildman–Crippen MR) is 96.1 cm³/mol. The first kappa shape index (κ1) is 19.3. The van der Waals surface area contributed by atoms with Gasteiger partial charge in [0.1, 0.15) is 12.7 Å². The third-order valence-electron chi connectivity index (χ3n) is 3.39. The largest absolute Gasteiger partial charge is 0.493 e. The molecule has 0 aliphatic rings. The minimum absolute atomic E-state index is 0.228. The SMILES string of the molecule is C=C(C)CN(CC)CC(O)COc1ccc(/C=C/C)cc1OC. The van der Waals surface area contributed by atoms with Crippen LogP contribution in [-0.2, 0) is 0 Å². The maximum atomic E-state index is 10.2. The smallest absolute Gasteiger partial charge is 0.161 e. The molecule has 1 N–H and O–H groups in total. The second-order valence-electron chi connectivity index (χ2n) is 5.66. The van der Waals surface area contributed by atoms with E-state index in [0.717, 1.165) is 24.2 Å². The summed E-state index contributed by atoms with van der Waals surface area (Å²) in [7, 11) is 1.61. The van der Waals surface area contributed by atoms with Gasteiger partial charge in [0.25, 0.3) is 0 Å². The molecule has 23 heavy (non-hydrogen) atoms. The highest BCUT2D eigenvalue weighted by Crippen LogP contribution is 2.28. The number of aliphatic hydroxyl groups excluding tert-OH is 1. The number of aliphatic hydroxyl groups is 1. The maximum absolute atomic E-state index is 10.2. The summed E-state index contributed by atoms with van der Waals surface area (Å²) in [6.45, 7) is 12.4. The second-order valence-corrected chi connectivity index (χ2v) is 5.66. The molecule has 0 saturated heterocycles. The summed E-state index contributed by atoms with van der Waals surface area (Å²) in [4.78, 5) is 2.14. The average molecular weight is 319 g/mol. The lowest BCUT2D eigenvalue weighted by Gasteiger charge is -2.24. The van der Waals surface area contributed by atoms with Crippen LogP contribution < -0.4 is 9.47 Å². The Hall–Kier alpha value is -1.78. The number of hydrogen-bond acceptors (Lipinski definition) is 4. The van der Waals surface area contributed by atoms with Crippen LogP contribution in [-0.4, -0.2) is 49.5 Å². The van der Waals surface area contributed by atoms with E-state index in [0.29, 0.717) is 18.0 Å². The lowest BCUT2D eigenvalue weighted by atomic mass is 10.2. The summed E-state index contributed by atoms with van der Waals surface area (Å²) in [5, 5.41) is 10.2. The van der Waals surface area contributed by atoms with Crippen LogP contribution in [0.2, 0.25) is 0 Å². The van der Waals surface area contributed by atoms with E-state index >= 15 is 0 Å². The van der Waals surface area contributed by atoms with Gasteiger partial charge < -0.3 is 14.6 Å². The number of likely N-dealkylation sites (N-methyl/N-ethyl adjacent to an activating group) is 1. The Morgan fingerprint density at radius 3 is 2.70 bits per heavy atom. The van der Waals surface area contributed by atoms with Crippen molar-refractivity contribution in [3.63, 3.8) is 0 Å². The van der Waals surface area contributed by atoms with E-state index in [2.05, 4.69) is 18.4 Å². The molecule has 4 heteroatoms. The van der Waals surface area contributed by atoms with Crippen LogP contribution in [0.1, 0.15) is 26.3 Å². The van der Waals surface area contributed by atoms with Crippen molar-refractivity contribution in [1.82, 2.24) is 4.90 Å². The van der Waals surface area contributed by atoms with Crippen LogP contribution in [0, 0.1) is 0 Å². The van der Waals surface area contributed by atoms with Gasteiger partial charge in [0, 0.05) is 13.1 Å². The number of methoxy groups -OCH3 is 1. The zero-order chi connectivity index (χ0) is 17.2. The zero-order valence-corrected chi connectivity index (χ0v) is 14.7. The minimum atomic E-state index is -0.561. The van der Waals surface area contributed by atoms with Crippen molar-refractivity contribution < 1.29 is 14.6 Å². The van der Waals surface area contributed by atoms with Gasteiger partial charge in [-0.25, -0.2) is 0 Å². The van der Waals surface area contributed by atoms with E-state index < -0.39 is 6.10 Å². The predicted octanol–water partition coefficient (Wildman–Crippen LogP) is 3.37. The summed E-state index contributed by atoms with van der Waals surface area (Å²) < 4.78 is 11.1. The van der Waals surface area contributed by atoms with Crippen molar-refractivity contribution in [1.29, 1.82) is 0 Å². The number of hydrogen-bond donors (Lipinski definition) is 1. The molecule has 1 atom stereocenters. The molecule has 0 aliphatic heterocycles. The fourth-order valence-corrected chi connectivity index (χ4v) is 2.32. The normalized spacial score (nSPS) is 12.6. The lowest BCUT2D eigenvalue weighted by Crippen LogP contribution is -2.36. The van der Waals surface area contributed by atoms with E-state index in [-0.39, 0.29) is 6.61 Å².